The number of nitro benzene ring substituents is 1. The number of aryl methyl sites for hydroxylation is 2. The van der Waals surface area contributed by atoms with Crippen LogP contribution >= 0.6 is 0 Å². The summed E-state index contributed by atoms with van der Waals surface area (Å²) in [5.74, 6) is -1.61. The van der Waals surface area contributed by atoms with E-state index in [4.69, 9.17) is 9.84 Å². The lowest BCUT2D eigenvalue weighted by Crippen LogP contribution is -2.15. The molecule has 8 heteroatoms. The summed E-state index contributed by atoms with van der Waals surface area (Å²) in [5, 5.41) is 20.6. The maximum atomic E-state index is 12.5. The molecule has 2 rings (SSSR count). The fraction of sp³-hybridized carbons (Fsp3) is 0.389. The van der Waals surface area contributed by atoms with Crippen molar-refractivity contribution in [3.8, 4) is 0 Å². The second kappa shape index (κ2) is 8.37. The monoisotopic (exact) mass is 360 g/mol. The summed E-state index contributed by atoms with van der Waals surface area (Å²) in [4.78, 5) is 38.6. The van der Waals surface area contributed by atoms with Crippen LogP contribution in [0.15, 0.2) is 18.2 Å². The Morgan fingerprint density at radius 1 is 1.27 bits per heavy atom. The standard InChI is InChI=1S/C18H20N2O6/c1-3-5-15-17(18(23)26-4-2)12(7-9-16(21)22)13-10-11(20(24)25)6-8-14(13)19-15/h6,8,10H,3-5,7,9H2,1-2H3,(H,21,22). The minimum absolute atomic E-state index is 0.0559. The molecule has 0 aliphatic carbocycles. The molecule has 138 valence electrons. The van der Waals surface area contributed by atoms with Crippen molar-refractivity contribution in [3.05, 3.63) is 45.1 Å². The third-order valence-electron chi connectivity index (χ3n) is 3.92. The average molecular weight is 360 g/mol. The van der Waals surface area contributed by atoms with Crippen LogP contribution in [0.3, 0.4) is 0 Å². The summed E-state index contributed by atoms with van der Waals surface area (Å²) in [6.07, 6.45) is 1.09. The van der Waals surface area contributed by atoms with Gasteiger partial charge in [-0.1, -0.05) is 13.3 Å². The Morgan fingerprint density at radius 3 is 2.58 bits per heavy atom. The largest absolute Gasteiger partial charge is 0.481 e. The molecular weight excluding hydrogens is 340 g/mol. The summed E-state index contributed by atoms with van der Waals surface area (Å²) in [6, 6.07) is 4.19. The number of aliphatic carboxylic acids is 1. The van der Waals surface area contributed by atoms with Crippen LogP contribution in [0.1, 0.15) is 48.3 Å². The van der Waals surface area contributed by atoms with Gasteiger partial charge in [-0.25, -0.2) is 4.79 Å². The minimum Gasteiger partial charge on any atom is -0.481 e. The third kappa shape index (κ3) is 4.14. The van der Waals surface area contributed by atoms with Crippen molar-refractivity contribution in [2.75, 3.05) is 6.61 Å². The second-order valence-corrected chi connectivity index (χ2v) is 5.73. The molecule has 0 unspecified atom stereocenters. The number of hydrogen-bond donors (Lipinski definition) is 1. The Morgan fingerprint density at radius 2 is 2.00 bits per heavy atom. The van der Waals surface area contributed by atoms with Crippen molar-refractivity contribution >= 4 is 28.5 Å². The summed E-state index contributed by atoms with van der Waals surface area (Å²) >= 11 is 0. The first-order valence-electron chi connectivity index (χ1n) is 8.37. The van der Waals surface area contributed by atoms with E-state index < -0.39 is 16.9 Å². The van der Waals surface area contributed by atoms with Crippen LogP contribution in [0, 0.1) is 10.1 Å². The number of benzene rings is 1. The molecule has 1 heterocycles. The first kappa shape index (κ1) is 19.3. The van der Waals surface area contributed by atoms with Crippen molar-refractivity contribution in [2.24, 2.45) is 0 Å². The Kier molecular flexibility index (Phi) is 6.21. The lowest BCUT2D eigenvalue weighted by molar-refractivity contribution is -0.384. The number of ether oxygens (including phenoxy) is 1. The molecule has 8 nitrogen and oxygen atoms in total. The van der Waals surface area contributed by atoms with Gasteiger partial charge < -0.3 is 9.84 Å². The highest BCUT2D eigenvalue weighted by Crippen LogP contribution is 2.29. The van der Waals surface area contributed by atoms with Crippen molar-refractivity contribution in [2.45, 2.75) is 39.5 Å². The average Bonchev–Trinajstić information content (AvgIpc) is 2.59. The maximum absolute atomic E-state index is 12.5. The van der Waals surface area contributed by atoms with Crippen molar-refractivity contribution in [3.63, 3.8) is 0 Å². The summed E-state index contributed by atoms with van der Waals surface area (Å²) in [5.41, 5.74) is 1.53. The Hall–Kier alpha value is -3.03. The topological polar surface area (TPSA) is 120 Å². The van der Waals surface area contributed by atoms with Crippen LogP contribution in [-0.2, 0) is 22.4 Å². The van der Waals surface area contributed by atoms with Gasteiger partial charge in [0.05, 0.1) is 28.3 Å². The molecule has 1 aromatic heterocycles. The van der Waals surface area contributed by atoms with Gasteiger partial charge in [0.1, 0.15) is 0 Å². The van der Waals surface area contributed by atoms with E-state index in [1.807, 2.05) is 6.92 Å². The lowest BCUT2D eigenvalue weighted by atomic mass is 9.94. The number of pyridine rings is 1. The van der Waals surface area contributed by atoms with Crippen LogP contribution < -0.4 is 0 Å². The number of rotatable bonds is 8. The van der Waals surface area contributed by atoms with Gasteiger partial charge in [0.15, 0.2) is 0 Å². The van der Waals surface area contributed by atoms with E-state index in [9.17, 15) is 19.7 Å². The highest BCUT2D eigenvalue weighted by Gasteiger charge is 2.23. The molecule has 0 atom stereocenters. The normalized spacial score (nSPS) is 10.7. The van der Waals surface area contributed by atoms with E-state index in [1.165, 1.54) is 18.2 Å². The molecule has 0 radical (unpaired) electrons. The van der Waals surface area contributed by atoms with Gasteiger partial charge >= 0.3 is 11.9 Å². The maximum Gasteiger partial charge on any atom is 0.340 e. The van der Waals surface area contributed by atoms with Gasteiger partial charge in [-0.15, -0.1) is 0 Å². The molecule has 2 aromatic rings. The number of nitro groups is 1. The highest BCUT2D eigenvalue weighted by molar-refractivity contribution is 5.99. The molecule has 0 spiro atoms. The molecular formula is C18H20N2O6. The highest BCUT2D eigenvalue weighted by atomic mass is 16.6. The van der Waals surface area contributed by atoms with E-state index in [1.54, 1.807) is 6.92 Å². The molecule has 0 saturated carbocycles. The van der Waals surface area contributed by atoms with E-state index in [-0.39, 0.29) is 30.7 Å². The van der Waals surface area contributed by atoms with Gasteiger partial charge in [-0.2, -0.15) is 0 Å². The van der Waals surface area contributed by atoms with Crippen molar-refractivity contribution < 1.29 is 24.4 Å². The molecule has 0 bridgehead atoms. The number of esters is 1. The first-order valence-corrected chi connectivity index (χ1v) is 8.37. The second-order valence-electron chi connectivity index (χ2n) is 5.73. The Balaban J connectivity index is 2.79. The Labute approximate surface area is 150 Å². The van der Waals surface area contributed by atoms with Crippen LogP contribution in [0.5, 0.6) is 0 Å². The molecule has 0 aliphatic heterocycles. The van der Waals surface area contributed by atoms with Gasteiger partial charge in [0.2, 0.25) is 0 Å². The lowest BCUT2D eigenvalue weighted by Gasteiger charge is -2.15. The zero-order valence-corrected chi connectivity index (χ0v) is 14.7. The van der Waals surface area contributed by atoms with Crippen LogP contribution in [0.4, 0.5) is 5.69 Å². The van der Waals surface area contributed by atoms with Gasteiger partial charge in [-0.05, 0) is 31.4 Å². The van der Waals surface area contributed by atoms with Crippen molar-refractivity contribution in [1.82, 2.24) is 4.98 Å². The molecule has 0 aliphatic rings. The summed E-state index contributed by atoms with van der Waals surface area (Å²) < 4.78 is 5.13. The number of nitrogens with zero attached hydrogens (tertiary/aromatic N) is 2. The SMILES string of the molecule is CCCc1nc2ccc([N+](=O)[O-])cc2c(CCC(=O)O)c1C(=O)OCC. The zero-order valence-electron chi connectivity index (χ0n) is 14.7. The molecule has 26 heavy (non-hydrogen) atoms. The van der Waals surface area contributed by atoms with E-state index in [0.717, 1.165) is 6.42 Å². The molecule has 1 aromatic carbocycles. The van der Waals surface area contributed by atoms with Crippen LogP contribution in [0.25, 0.3) is 10.9 Å². The quantitative estimate of drug-likeness (QED) is 0.436. The number of carboxylic acid groups (broad SMARTS) is 1. The molecule has 1 N–H and O–H groups in total. The van der Waals surface area contributed by atoms with E-state index >= 15 is 0 Å². The number of hydrogen-bond acceptors (Lipinski definition) is 6. The van der Waals surface area contributed by atoms with Crippen LogP contribution in [0.2, 0.25) is 0 Å². The summed E-state index contributed by atoms with van der Waals surface area (Å²) in [6.45, 7) is 3.77. The predicted octanol–water partition coefficient (Wildman–Crippen LogP) is 3.29. The zero-order chi connectivity index (χ0) is 19.3. The smallest absolute Gasteiger partial charge is 0.340 e. The fourth-order valence-corrected chi connectivity index (χ4v) is 2.84. The van der Waals surface area contributed by atoms with Crippen LogP contribution in [-0.4, -0.2) is 33.6 Å². The number of carbonyl (C=O) groups is 2. The third-order valence-corrected chi connectivity index (χ3v) is 3.92. The Bertz CT molecular complexity index is 862. The molecule has 0 fully saturated rings. The molecule has 0 saturated heterocycles. The van der Waals surface area contributed by atoms with Gasteiger partial charge in [0.25, 0.3) is 5.69 Å². The fourth-order valence-electron chi connectivity index (χ4n) is 2.84. The van der Waals surface area contributed by atoms with E-state index in [0.29, 0.717) is 28.6 Å². The first-order chi connectivity index (χ1) is 12.4. The summed E-state index contributed by atoms with van der Waals surface area (Å²) in [7, 11) is 0. The number of fused-ring (bicyclic) bond motifs is 1. The number of non-ortho nitro benzene ring substituents is 1. The predicted molar refractivity (Wildman–Crippen MR) is 94.3 cm³/mol. The van der Waals surface area contributed by atoms with Crippen molar-refractivity contribution in [1.29, 1.82) is 0 Å². The molecule has 0 amide bonds. The number of carbonyl (C=O) groups excluding carboxylic acids is 1. The minimum atomic E-state index is -1.02. The number of carboxylic acids is 1. The number of aromatic nitrogens is 1. The van der Waals surface area contributed by atoms with Gasteiger partial charge in [-0.3, -0.25) is 19.9 Å². The van der Waals surface area contributed by atoms with E-state index in [2.05, 4.69) is 4.98 Å². The van der Waals surface area contributed by atoms with Gasteiger partial charge in [0, 0.05) is 23.9 Å².